The summed E-state index contributed by atoms with van der Waals surface area (Å²) in [5.74, 6) is 0.230. The fourth-order valence-corrected chi connectivity index (χ4v) is 1.42. The van der Waals surface area contributed by atoms with E-state index in [1.807, 2.05) is 6.92 Å². The summed E-state index contributed by atoms with van der Waals surface area (Å²) in [4.78, 5) is 11.7. The van der Waals surface area contributed by atoms with Gasteiger partial charge in [0.05, 0.1) is 0 Å². The highest BCUT2D eigenvalue weighted by Gasteiger charge is 2.13. The standard InChI is InChI=1S/C12H26N2O/c1-5-7-8-11(4)14-12(15)10(3)9-13-6-2/h10-11,13H,5-9H2,1-4H3,(H,14,15). The van der Waals surface area contributed by atoms with E-state index in [1.165, 1.54) is 12.8 Å². The lowest BCUT2D eigenvalue weighted by atomic mass is 10.1. The first kappa shape index (κ1) is 14.4. The van der Waals surface area contributed by atoms with E-state index in [-0.39, 0.29) is 11.8 Å². The van der Waals surface area contributed by atoms with Gasteiger partial charge in [-0.3, -0.25) is 4.79 Å². The lowest BCUT2D eigenvalue weighted by Gasteiger charge is -2.17. The van der Waals surface area contributed by atoms with Crippen molar-refractivity contribution in [2.24, 2.45) is 5.92 Å². The molecule has 0 fully saturated rings. The van der Waals surface area contributed by atoms with E-state index in [9.17, 15) is 4.79 Å². The van der Waals surface area contributed by atoms with Crippen molar-refractivity contribution < 1.29 is 4.79 Å². The number of unbranched alkanes of at least 4 members (excludes halogenated alkanes) is 1. The first-order chi connectivity index (χ1) is 7.11. The Kier molecular flexibility index (Phi) is 8.38. The van der Waals surface area contributed by atoms with Crippen molar-refractivity contribution >= 4 is 5.91 Å². The second-order valence-electron chi connectivity index (χ2n) is 4.26. The van der Waals surface area contributed by atoms with Crippen molar-refractivity contribution in [3.63, 3.8) is 0 Å². The average Bonchev–Trinajstić information content (AvgIpc) is 2.22. The molecule has 0 aromatic heterocycles. The highest BCUT2D eigenvalue weighted by molar-refractivity contribution is 5.78. The maximum absolute atomic E-state index is 11.7. The van der Waals surface area contributed by atoms with E-state index in [1.54, 1.807) is 0 Å². The molecular formula is C12H26N2O. The third kappa shape index (κ3) is 7.37. The summed E-state index contributed by atoms with van der Waals surface area (Å²) in [6.07, 6.45) is 3.45. The van der Waals surface area contributed by atoms with E-state index in [0.717, 1.165) is 19.5 Å². The third-order valence-corrected chi connectivity index (χ3v) is 2.53. The van der Waals surface area contributed by atoms with E-state index in [2.05, 4.69) is 31.4 Å². The van der Waals surface area contributed by atoms with Crippen molar-refractivity contribution in [1.82, 2.24) is 10.6 Å². The number of hydrogen-bond donors (Lipinski definition) is 2. The highest BCUT2D eigenvalue weighted by Crippen LogP contribution is 2.01. The molecule has 0 aliphatic rings. The van der Waals surface area contributed by atoms with Gasteiger partial charge in [0.2, 0.25) is 5.91 Å². The third-order valence-electron chi connectivity index (χ3n) is 2.53. The quantitative estimate of drug-likeness (QED) is 0.648. The summed E-state index contributed by atoms with van der Waals surface area (Å²) in [6, 6.07) is 0.307. The second-order valence-corrected chi connectivity index (χ2v) is 4.26. The predicted molar refractivity (Wildman–Crippen MR) is 64.8 cm³/mol. The highest BCUT2D eigenvalue weighted by atomic mass is 16.1. The average molecular weight is 214 g/mol. The number of carbonyl (C=O) groups excluding carboxylic acids is 1. The number of rotatable bonds is 8. The van der Waals surface area contributed by atoms with Crippen LogP contribution >= 0.6 is 0 Å². The van der Waals surface area contributed by atoms with Gasteiger partial charge in [0.15, 0.2) is 0 Å². The van der Waals surface area contributed by atoms with Gasteiger partial charge >= 0.3 is 0 Å². The fourth-order valence-electron chi connectivity index (χ4n) is 1.42. The Balaban J connectivity index is 3.70. The molecule has 0 spiro atoms. The monoisotopic (exact) mass is 214 g/mol. The molecule has 0 heterocycles. The molecule has 0 aliphatic carbocycles. The number of nitrogens with one attached hydrogen (secondary N) is 2. The molecule has 0 rings (SSSR count). The number of hydrogen-bond acceptors (Lipinski definition) is 2. The molecular weight excluding hydrogens is 188 g/mol. The fraction of sp³-hybridized carbons (Fsp3) is 0.917. The largest absolute Gasteiger partial charge is 0.353 e. The van der Waals surface area contributed by atoms with Gasteiger partial charge in [-0.1, -0.05) is 33.6 Å². The van der Waals surface area contributed by atoms with E-state index < -0.39 is 0 Å². The zero-order chi connectivity index (χ0) is 11.7. The van der Waals surface area contributed by atoms with Gasteiger partial charge in [0.1, 0.15) is 0 Å². The first-order valence-corrected chi connectivity index (χ1v) is 6.12. The van der Waals surface area contributed by atoms with Gasteiger partial charge in [0, 0.05) is 18.5 Å². The molecule has 0 bridgehead atoms. The van der Waals surface area contributed by atoms with Crippen LogP contribution in [-0.2, 0) is 4.79 Å². The number of carbonyl (C=O) groups is 1. The van der Waals surface area contributed by atoms with E-state index in [0.29, 0.717) is 6.04 Å². The van der Waals surface area contributed by atoms with Gasteiger partial charge in [-0.15, -0.1) is 0 Å². The van der Waals surface area contributed by atoms with Gasteiger partial charge in [-0.25, -0.2) is 0 Å². The van der Waals surface area contributed by atoms with Gasteiger partial charge in [-0.05, 0) is 19.9 Å². The molecule has 2 unspecified atom stereocenters. The minimum Gasteiger partial charge on any atom is -0.353 e. The van der Waals surface area contributed by atoms with Crippen LogP contribution in [0, 0.1) is 5.92 Å². The normalized spacial score (nSPS) is 14.7. The van der Waals surface area contributed by atoms with Crippen LogP contribution in [0.5, 0.6) is 0 Å². The molecule has 0 radical (unpaired) electrons. The molecule has 0 aromatic rings. The zero-order valence-electron chi connectivity index (χ0n) is 10.6. The molecule has 0 saturated carbocycles. The zero-order valence-corrected chi connectivity index (χ0v) is 10.6. The lowest BCUT2D eigenvalue weighted by molar-refractivity contribution is -0.125. The molecule has 90 valence electrons. The summed E-state index contributed by atoms with van der Waals surface area (Å²) in [7, 11) is 0. The summed E-state index contributed by atoms with van der Waals surface area (Å²) < 4.78 is 0. The summed E-state index contributed by atoms with van der Waals surface area (Å²) in [5, 5.41) is 6.23. The smallest absolute Gasteiger partial charge is 0.224 e. The Labute approximate surface area is 94.0 Å². The Hall–Kier alpha value is -0.570. The van der Waals surface area contributed by atoms with Crippen LogP contribution in [0.2, 0.25) is 0 Å². The maximum Gasteiger partial charge on any atom is 0.224 e. The molecule has 0 saturated heterocycles. The van der Waals surface area contributed by atoms with Crippen LogP contribution in [0.3, 0.4) is 0 Å². The second kappa shape index (κ2) is 8.72. The minimum atomic E-state index is 0.0639. The SMILES string of the molecule is CCCCC(C)NC(=O)C(C)CNCC. The van der Waals surface area contributed by atoms with E-state index >= 15 is 0 Å². The van der Waals surface area contributed by atoms with Crippen molar-refractivity contribution in [1.29, 1.82) is 0 Å². The topological polar surface area (TPSA) is 41.1 Å². The van der Waals surface area contributed by atoms with Gasteiger partial charge in [0.25, 0.3) is 0 Å². The maximum atomic E-state index is 11.7. The summed E-state index contributed by atoms with van der Waals surface area (Å²) in [5.41, 5.74) is 0. The van der Waals surface area contributed by atoms with Crippen molar-refractivity contribution in [3.05, 3.63) is 0 Å². The van der Waals surface area contributed by atoms with Crippen LogP contribution in [0.25, 0.3) is 0 Å². The molecule has 0 aliphatic heterocycles. The summed E-state index contributed by atoms with van der Waals surface area (Å²) >= 11 is 0. The Morgan fingerprint density at radius 3 is 2.47 bits per heavy atom. The molecule has 3 heteroatoms. The molecule has 2 atom stereocenters. The lowest BCUT2D eigenvalue weighted by Crippen LogP contribution is -2.39. The van der Waals surface area contributed by atoms with Crippen molar-refractivity contribution in [2.75, 3.05) is 13.1 Å². The van der Waals surface area contributed by atoms with Crippen LogP contribution in [-0.4, -0.2) is 25.0 Å². The van der Waals surface area contributed by atoms with Crippen molar-refractivity contribution in [3.8, 4) is 0 Å². The molecule has 2 N–H and O–H groups in total. The molecule has 1 amide bonds. The molecule has 15 heavy (non-hydrogen) atoms. The van der Waals surface area contributed by atoms with Gasteiger partial charge < -0.3 is 10.6 Å². The van der Waals surface area contributed by atoms with Crippen LogP contribution < -0.4 is 10.6 Å². The Bertz CT molecular complexity index is 171. The van der Waals surface area contributed by atoms with Crippen LogP contribution in [0.4, 0.5) is 0 Å². The molecule has 3 nitrogen and oxygen atoms in total. The van der Waals surface area contributed by atoms with Crippen molar-refractivity contribution in [2.45, 2.75) is 53.0 Å². The summed E-state index contributed by atoms with van der Waals surface area (Å²) in [6.45, 7) is 9.95. The van der Waals surface area contributed by atoms with Gasteiger partial charge in [-0.2, -0.15) is 0 Å². The van der Waals surface area contributed by atoms with Crippen LogP contribution in [0.1, 0.15) is 47.0 Å². The van der Waals surface area contributed by atoms with E-state index in [4.69, 9.17) is 0 Å². The minimum absolute atomic E-state index is 0.0639. The Morgan fingerprint density at radius 1 is 1.27 bits per heavy atom. The van der Waals surface area contributed by atoms with Crippen LogP contribution in [0.15, 0.2) is 0 Å². The molecule has 0 aromatic carbocycles. The Morgan fingerprint density at radius 2 is 1.93 bits per heavy atom. The predicted octanol–water partition coefficient (Wildman–Crippen LogP) is 1.93. The number of amides is 1. The first-order valence-electron chi connectivity index (χ1n) is 6.12.